The number of nitrogens with zero attached hydrogens (tertiary/aromatic N) is 3. The Bertz CT molecular complexity index is 546. The molecule has 0 aromatic carbocycles. The summed E-state index contributed by atoms with van der Waals surface area (Å²) in [5.41, 5.74) is 1.27. The largest absolute Gasteiger partial charge is 0.481 e. The van der Waals surface area contributed by atoms with Crippen molar-refractivity contribution >= 4 is 11.9 Å². The van der Waals surface area contributed by atoms with E-state index in [1.807, 2.05) is 20.8 Å². The van der Waals surface area contributed by atoms with Crippen molar-refractivity contribution in [1.29, 1.82) is 0 Å². The summed E-state index contributed by atoms with van der Waals surface area (Å²) in [5.74, 6) is -1.53. The maximum Gasteiger partial charge on any atom is 0.308 e. The molecule has 1 aliphatic rings. The molecule has 1 fully saturated rings. The number of carboxylic acid groups (broad SMARTS) is 1. The summed E-state index contributed by atoms with van der Waals surface area (Å²) in [6, 6.07) is 0.374. The van der Waals surface area contributed by atoms with Crippen LogP contribution in [0.15, 0.2) is 6.20 Å². The van der Waals surface area contributed by atoms with Crippen molar-refractivity contribution in [3.05, 3.63) is 17.5 Å². The fraction of sp³-hybridized carbons (Fsp3) is 0.667. The quantitative estimate of drug-likeness (QED) is 0.871. The third-order valence-electron chi connectivity index (χ3n) is 3.82. The third-order valence-corrected chi connectivity index (χ3v) is 3.82. The second-order valence-electron chi connectivity index (χ2n) is 6.13. The molecule has 0 aliphatic heterocycles. The van der Waals surface area contributed by atoms with Gasteiger partial charge in [0.05, 0.1) is 17.2 Å². The van der Waals surface area contributed by atoms with Crippen LogP contribution in [-0.4, -0.2) is 44.3 Å². The van der Waals surface area contributed by atoms with Crippen molar-refractivity contribution in [2.75, 3.05) is 6.54 Å². The van der Waals surface area contributed by atoms with E-state index in [2.05, 4.69) is 5.10 Å². The lowest BCUT2D eigenvalue weighted by atomic mass is 10.1. The minimum absolute atomic E-state index is 0.102. The van der Waals surface area contributed by atoms with Crippen LogP contribution in [0, 0.1) is 12.8 Å². The van der Waals surface area contributed by atoms with Crippen molar-refractivity contribution in [3.8, 4) is 0 Å². The number of aliphatic carboxylic acids is 1. The summed E-state index contributed by atoms with van der Waals surface area (Å²) in [7, 11) is 0. The average Bonchev–Trinajstić information content (AvgIpc) is 3.16. The molecule has 2 rings (SSSR count). The predicted octanol–water partition coefficient (Wildman–Crippen LogP) is 2.10. The molecule has 1 aliphatic carbocycles. The third kappa shape index (κ3) is 3.43. The highest BCUT2D eigenvalue weighted by atomic mass is 16.4. The van der Waals surface area contributed by atoms with Crippen LogP contribution in [0.3, 0.4) is 0 Å². The van der Waals surface area contributed by atoms with E-state index >= 15 is 0 Å². The highest BCUT2D eigenvalue weighted by Crippen LogP contribution is 2.29. The molecule has 1 unspecified atom stereocenters. The molecule has 116 valence electrons. The van der Waals surface area contributed by atoms with E-state index in [1.54, 1.807) is 22.7 Å². The average molecular weight is 293 g/mol. The Balaban J connectivity index is 2.20. The van der Waals surface area contributed by atoms with E-state index in [-0.39, 0.29) is 24.5 Å². The van der Waals surface area contributed by atoms with Crippen LogP contribution in [0.25, 0.3) is 0 Å². The minimum atomic E-state index is -0.872. The second kappa shape index (κ2) is 5.87. The van der Waals surface area contributed by atoms with E-state index in [0.717, 1.165) is 12.8 Å². The number of hydrogen-bond donors (Lipinski definition) is 1. The van der Waals surface area contributed by atoms with Gasteiger partial charge in [0.25, 0.3) is 5.91 Å². The number of aryl methyl sites for hydroxylation is 1. The number of hydrogen-bond acceptors (Lipinski definition) is 3. The fourth-order valence-electron chi connectivity index (χ4n) is 2.27. The molecule has 1 aromatic rings. The van der Waals surface area contributed by atoms with Gasteiger partial charge < -0.3 is 10.0 Å². The number of carbonyl (C=O) groups is 2. The summed E-state index contributed by atoms with van der Waals surface area (Å²) < 4.78 is 1.77. The molecular weight excluding hydrogens is 270 g/mol. The molecule has 1 N–H and O–H groups in total. The van der Waals surface area contributed by atoms with Gasteiger partial charge in [0.1, 0.15) is 0 Å². The summed E-state index contributed by atoms with van der Waals surface area (Å²) in [4.78, 5) is 25.5. The number of rotatable bonds is 6. The molecule has 6 heteroatoms. The van der Waals surface area contributed by atoms with Crippen LogP contribution in [0.5, 0.6) is 0 Å². The summed E-state index contributed by atoms with van der Waals surface area (Å²) in [6.45, 7) is 7.72. The second-order valence-corrected chi connectivity index (χ2v) is 6.13. The molecule has 0 saturated heterocycles. The molecular formula is C15H23N3O3. The maximum atomic E-state index is 12.7. The van der Waals surface area contributed by atoms with Gasteiger partial charge in [-0.3, -0.25) is 14.3 Å². The SMILES string of the molecule is Cc1nn(C(C)C)cc1C(=O)N(CC(C)C(=O)O)C1CC1. The summed E-state index contributed by atoms with van der Waals surface area (Å²) >= 11 is 0. The Kier molecular flexibility index (Phi) is 4.34. The van der Waals surface area contributed by atoms with Gasteiger partial charge in [-0.2, -0.15) is 5.10 Å². The highest BCUT2D eigenvalue weighted by molar-refractivity contribution is 5.95. The van der Waals surface area contributed by atoms with E-state index in [0.29, 0.717) is 11.3 Å². The number of aromatic nitrogens is 2. The first kappa shape index (κ1) is 15.5. The Morgan fingerprint density at radius 1 is 1.43 bits per heavy atom. The van der Waals surface area contributed by atoms with Crippen LogP contribution in [0.2, 0.25) is 0 Å². The van der Waals surface area contributed by atoms with E-state index in [9.17, 15) is 9.59 Å². The van der Waals surface area contributed by atoms with Crippen LogP contribution >= 0.6 is 0 Å². The predicted molar refractivity (Wildman–Crippen MR) is 78.2 cm³/mol. The van der Waals surface area contributed by atoms with Crippen LogP contribution in [0.4, 0.5) is 0 Å². The number of amides is 1. The zero-order valence-electron chi connectivity index (χ0n) is 13.0. The van der Waals surface area contributed by atoms with Crippen molar-refractivity contribution in [1.82, 2.24) is 14.7 Å². The lowest BCUT2D eigenvalue weighted by molar-refractivity contribution is -0.141. The molecule has 0 spiro atoms. The van der Waals surface area contributed by atoms with Gasteiger partial charge >= 0.3 is 5.97 Å². The summed E-state index contributed by atoms with van der Waals surface area (Å²) in [6.07, 6.45) is 3.67. The van der Waals surface area contributed by atoms with E-state index < -0.39 is 11.9 Å². The van der Waals surface area contributed by atoms with Crippen molar-refractivity contribution in [2.24, 2.45) is 5.92 Å². The van der Waals surface area contributed by atoms with Crippen LogP contribution in [0.1, 0.15) is 55.7 Å². The number of carboxylic acids is 1. The molecule has 1 atom stereocenters. The van der Waals surface area contributed by atoms with E-state index in [4.69, 9.17) is 5.11 Å². The Morgan fingerprint density at radius 3 is 2.48 bits per heavy atom. The van der Waals surface area contributed by atoms with E-state index in [1.165, 1.54) is 0 Å². The summed E-state index contributed by atoms with van der Waals surface area (Å²) in [5, 5.41) is 13.4. The van der Waals surface area contributed by atoms with Gasteiger partial charge in [-0.05, 0) is 33.6 Å². The molecule has 1 aromatic heterocycles. The minimum Gasteiger partial charge on any atom is -0.481 e. The first-order chi connectivity index (χ1) is 9.81. The van der Waals surface area contributed by atoms with Gasteiger partial charge in [-0.15, -0.1) is 0 Å². The van der Waals surface area contributed by atoms with Gasteiger partial charge in [0, 0.05) is 24.8 Å². The van der Waals surface area contributed by atoms with Crippen LogP contribution < -0.4 is 0 Å². The Hall–Kier alpha value is -1.85. The lowest BCUT2D eigenvalue weighted by Crippen LogP contribution is -2.38. The molecule has 21 heavy (non-hydrogen) atoms. The zero-order chi connectivity index (χ0) is 15.7. The highest BCUT2D eigenvalue weighted by Gasteiger charge is 2.36. The monoisotopic (exact) mass is 293 g/mol. The van der Waals surface area contributed by atoms with Crippen molar-refractivity contribution < 1.29 is 14.7 Å². The standard InChI is InChI=1S/C15H23N3O3/c1-9(2)18-8-13(11(4)16-18)14(19)17(12-5-6-12)7-10(3)15(20)21/h8-10,12H,5-7H2,1-4H3,(H,20,21). The zero-order valence-corrected chi connectivity index (χ0v) is 13.0. The topological polar surface area (TPSA) is 75.4 Å². The fourth-order valence-corrected chi connectivity index (χ4v) is 2.27. The molecule has 0 bridgehead atoms. The van der Waals surface area contributed by atoms with Crippen LogP contribution in [-0.2, 0) is 4.79 Å². The number of carbonyl (C=O) groups excluding carboxylic acids is 1. The Labute approximate surface area is 124 Å². The molecule has 6 nitrogen and oxygen atoms in total. The van der Waals surface area contributed by atoms with Crippen molar-refractivity contribution in [3.63, 3.8) is 0 Å². The Morgan fingerprint density at radius 2 is 2.05 bits per heavy atom. The van der Waals surface area contributed by atoms with Gasteiger partial charge in [-0.25, -0.2) is 0 Å². The maximum absolute atomic E-state index is 12.7. The first-order valence-electron chi connectivity index (χ1n) is 7.40. The molecule has 1 amide bonds. The normalized spacial score (nSPS) is 16.0. The lowest BCUT2D eigenvalue weighted by Gasteiger charge is -2.24. The van der Waals surface area contributed by atoms with Crippen molar-refractivity contribution in [2.45, 2.75) is 52.6 Å². The smallest absolute Gasteiger partial charge is 0.308 e. The molecule has 0 radical (unpaired) electrons. The van der Waals surface area contributed by atoms with Gasteiger partial charge in [0.2, 0.25) is 0 Å². The first-order valence-corrected chi connectivity index (χ1v) is 7.40. The molecule has 1 heterocycles. The van der Waals surface area contributed by atoms with Gasteiger partial charge in [-0.1, -0.05) is 6.92 Å². The van der Waals surface area contributed by atoms with Gasteiger partial charge in [0.15, 0.2) is 0 Å². The molecule has 1 saturated carbocycles.